The van der Waals surface area contributed by atoms with Crippen LogP contribution in [0.1, 0.15) is 38.8 Å². The molecule has 1 aliphatic carbocycles. The second-order valence-corrected chi connectivity index (χ2v) is 5.72. The van der Waals surface area contributed by atoms with Crippen LogP contribution in [-0.4, -0.2) is 13.7 Å². The SMILES string of the molecule is CCNC(c1ccc(OC)cc1F)C1CC1(C)C. The molecular weight excluding hydrogens is 229 g/mol. The fourth-order valence-corrected chi connectivity index (χ4v) is 2.65. The molecule has 100 valence electrons. The molecule has 0 heterocycles. The first-order chi connectivity index (χ1) is 8.49. The quantitative estimate of drug-likeness (QED) is 0.864. The van der Waals surface area contributed by atoms with E-state index >= 15 is 0 Å². The maximum absolute atomic E-state index is 14.1. The normalized spacial score (nSPS) is 22.6. The molecule has 2 atom stereocenters. The molecular formula is C15H22FNO. The van der Waals surface area contributed by atoms with E-state index in [1.54, 1.807) is 7.11 Å². The van der Waals surface area contributed by atoms with Gasteiger partial charge in [-0.15, -0.1) is 0 Å². The highest BCUT2D eigenvalue weighted by molar-refractivity contribution is 5.32. The third kappa shape index (κ3) is 2.51. The highest BCUT2D eigenvalue weighted by Crippen LogP contribution is 2.58. The molecule has 0 bridgehead atoms. The second-order valence-electron chi connectivity index (χ2n) is 5.72. The maximum Gasteiger partial charge on any atom is 0.131 e. The molecule has 0 aromatic heterocycles. The lowest BCUT2D eigenvalue weighted by atomic mass is 9.96. The van der Waals surface area contributed by atoms with Crippen molar-refractivity contribution in [3.8, 4) is 5.75 Å². The zero-order valence-electron chi connectivity index (χ0n) is 11.6. The van der Waals surface area contributed by atoms with Gasteiger partial charge in [0.1, 0.15) is 11.6 Å². The van der Waals surface area contributed by atoms with Gasteiger partial charge in [0.05, 0.1) is 7.11 Å². The van der Waals surface area contributed by atoms with Gasteiger partial charge >= 0.3 is 0 Å². The summed E-state index contributed by atoms with van der Waals surface area (Å²) in [6.45, 7) is 7.39. The third-order valence-corrected chi connectivity index (χ3v) is 3.96. The zero-order chi connectivity index (χ0) is 13.3. The fraction of sp³-hybridized carbons (Fsp3) is 0.600. The molecule has 0 amide bonds. The van der Waals surface area contributed by atoms with Crippen LogP contribution >= 0.6 is 0 Å². The van der Waals surface area contributed by atoms with Gasteiger partial charge in [0, 0.05) is 17.7 Å². The molecule has 1 saturated carbocycles. The lowest BCUT2D eigenvalue weighted by Gasteiger charge is -2.21. The number of benzene rings is 1. The van der Waals surface area contributed by atoms with Gasteiger partial charge in [0.25, 0.3) is 0 Å². The second kappa shape index (κ2) is 4.88. The molecule has 18 heavy (non-hydrogen) atoms. The van der Waals surface area contributed by atoms with E-state index in [1.165, 1.54) is 6.07 Å². The number of halogens is 1. The van der Waals surface area contributed by atoms with Gasteiger partial charge < -0.3 is 10.1 Å². The third-order valence-electron chi connectivity index (χ3n) is 3.96. The molecule has 1 N–H and O–H groups in total. The van der Waals surface area contributed by atoms with Crippen LogP contribution in [0.25, 0.3) is 0 Å². The number of methoxy groups -OCH3 is 1. The predicted molar refractivity (Wildman–Crippen MR) is 71.3 cm³/mol. The summed E-state index contributed by atoms with van der Waals surface area (Å²) in [4.78, 5) is 0. The summed E-state index contributed by atoms with van der Waals surface area (Å²) in [5, 5.41) is 3.41. The summed E-state index contributed by atoms with van der Waals surface area (Å²) >= 11 is 0. The Hall–Kier alpha value is -1.09. The zero-order valence-corrected chi connectivity index (χ0v) is 11.6. The van der Waals surface area contributed by atoms with Gasteiger partial charge in [-0.3, -0.25) is 0 Å². The summed E-state index contributed by atoms with van der Waals surface area (Å²) in [5.74, 6) is 0.907. The van der Waals surface area contributed by atoms with Crippen LogP contribution in [0.3, 0.4) is 0 Å². The van der Waals surface area contributed by atoms with Crippen molar-refractivity contribution in [2.45, 2.75) is 33.2 Å². The van der Waals surface area contributed by atoms with Gasteiger partial charge in [0.2, 0.25) is 0 Å². The van der Waals surface area contributed by atoms with Crippen molar-refractivity contribution < 1.29 is 9.13 Å². The molecule has 2 unspecified atom stereocenters. The van der Waals surface area contributed by atoms with E-state index in [4.69, 9.17) is 4.74 Å². The molecule has 2 nitrogen and oxygen atoms in total. The molecule has 0 aliphatic heterocycles. The first-order valence-electron chi connectivity index (χ1n) is 6.56. The molecule has 3 heteroatoms. The Kier molecular flexibility index (Phi) is 3.62. The monoisotopic (exact) mass is 251 g/mol. The van der Waals surface area contributed by atoms with E-state index in [0.717, 1.165) is 18.5 Å². The summed E-state index contributed by atoms with van der Waals surface area (Å²) in [5.41, 5.74) is 1.08. The fourth-order valence-electron chi connectivity index (χ4n) is 2.65. The maximum atomic E-state index is 14.1. The van der Waals surface area contributed by atoms with Gasteiger partial charge in [-0.1, -0.05) is 26.8 Å². The summed E-state index contributed by atoms with van der Waals surface area (Å²) in [6, 6.07) is 5.25. The first-order valence-corrected chi connectivity index (χ1v) is 6.56. The van der Waals surface area contributed by atoms with Crippen LogP contribution in [-0.2, 0) is 0 Å². The largest absolute Gasteiger partial charge is 0.497 e. The van der Waals surface area contributed by atoms with E-state index < -0.39 is 0 Å². The van der Waals surface area contributed by atoms with Crippen LogP contribution in [0.15, 0.2) is 18.2 Å². The van der Waals surface area contributed by atoms with E-state index in [9.17, 15) is 4.39 Å². The van der Waals surface area contributed by atoms with Crippen molar-refractivity contribution in [3.63, 3.8) is 0 Å². The van der Waals surface area contributed by atoms with Crippen molar-refractivity contribution in [1.82, 2.24) is 5.32 Å². The summed E-state index contributed by atoms with van der Waals surface area (Å²) in [6.07, 6.45) is 1.15. The Bertz CT molecular complexity index is 431. The van der Waals surface area contributed by atoms with E-state index in [-0.39, 0.29) is 11.9 Å². The minimum atomic E-state index is -0.178. The van der Waals surface area contributed by atoms with Crippen LogP contribution in [0.4, 0.5) is 4.39 Å². The van der Waals surface area contributed by atoms with E-state index in [2.05, 4.69) is 26.1 Å². The van der Waals surface area contributed by atoms with E-state index in [0.29, 0.717) is 17.1 Å². The molecule has 1 aliphatic rings. The van der Waals surface area contributed by atoms with Crippen molar-refractivity contribution in [2.75, 3.05) is 13.7 Å². The number of hydrogen-bond acceptors (Lipinski definition) is 2. The molecule has 1 aromatic rings. The van der Waals surface area contributed by atoms with Crippen molar-refractivity contribution in [1.29, 1.82) is 0 Å². The van der Waals surface area contributed by atoms with Crippen molar-refractivity contribution in [2.24, 2.45) is 11.3 Å². The number of ether oxygens (including phenoxy) is 1. The van der Waals surface area contributed by atoms with Gasteiger partial charge in [-0.2, -0.15) is 0 Å². The van der Waals surface area contributed by atoms with Crippen LogP contribution in [0, 0.1) is 17.2 Å². The Balaban J connectivity index is 2.26. The van der Waals surface area contributed by atoms with Gasteiger partial charge in [-0.25, -0.2) is 4.39 Å². The molecule has 2 rings (SSSR count). The minimum absolute atomic E-state index is 0.107. The Morgan fingerprint density at radius 2 is 2.17 bits per heavy atom. The number of rotatable bonds is 5. The minimum Gasteiger partial charge on any atom is -0.497 e. The average Bonchev–Trinajstić information content (AvgIpc) is 2.95. The standard InChI is InChI=1S/C15H22FNO/c1-5-17-14(12-9-15(12,2)3)11-7-6-10(18-4)8-13(11)16/h6-8,12,14,17H,5,9H2,1-4H3. The number of hydrogen-bond donors (Lipinski definition) is 1. The van der Waals surface area contributed by atoms with Crippen LogP contribution < -0.4 is 10.1 Å². The van der Waals surface area contributed by atoms with Crippen molar-refractivity contribution in [3.05, 3.63) is 29.6 Å². The topological polar surface area (TPSA) is 21.3 Å². The van der Waals surface area contributed by atoms with Gasteiger partial charge in [0.15, 0.2) is 0 Å². The van der Waals surface area contributed by atoms with Gasteiger partial charge in [-0.05, 0) is 30.4 Å². The Morgan fingerprint density at radius 3 is 2.61 bits per heavy atom. The molecule has 0 radical (unpaired) electrons. The lowest BCUT2D eigenvalue weighted by molar-refractivity contribution is 0.397. The molecule has 0 spiro atoms. The lowest BCUT2D eigenvalue weighted by Crippen LogP contribution is -2.25. The number of nitrogens with one attached hydrogen (secondary N) is 1. The smallest absolute Gasteiger partial charge is 0.131 e. The molecule has 1 fully saturated rings. The highest BCUT2D eigenvalue weighted by Gasteiger charge is 2.50. The molecule has 0 saturated heterocycles. The van der Waals surface area contributed by atoms with E-state index in [1.807, 2.05) is 12.1 Å². The summed E-state index contributed by atoms with van der Waals surface area (Å²) in [7, 11) is 1.56. The Morgan fingerprint density at radius 1 is 1.50 bits per heavy atom. The average molecular weight is 251 g/mol. The van der Waals surface area contributed by atoms with Crippen LogP contribution in [0.5, 0.6) is 5.75 Å². The molecule has 1 aromatic carbocycles. The van der Waals surface area contributed by atoms with Crippen LogP contribution in [0.2, 0.25) is 0 Å². The highest BCUT2D eigenvalue weighted by atomic mass is 19.1. The Labute approximate surface area is 109 Å². The predicted octanol–water partition coefficient (Wildman–Crippen LogP) is 3.53. The van der Waals surface area contributed by atoms with Crippen molar-refractivity contribution >= 4 is 0 Å². The summed E-state index contributed by atoms with van der Waals surface area (Å²) < 4.78 is 19.2. The first kappa shape index (κ1) is 13.3.